The van der Waals surface area contributed by atoms with Gasteiger partial charge in [0.05, 0.1) is 5.69 Å². The highest BCUT2D eigenvalue weighted by Gasteiger charge is 2.29. The van der Waals surface area contributed by atoms with Crippen molar-refractivity contribution in [1.82, 2.24) is 0 Å². The molecule has 1 aromatic carbocycles. The molecule has 0 heterocycles. The number of halogens is 2. The molecule has 0 saturated heterocycles. The average molecular weight is 517 g/mol. The number of carbonyl (C=O) groups is 3. The second-order valence-electron chi connectivity index (χ2n) is 8.48. The lowest BCUT2D eigenvalue weighted by atomic mass is 10.0. The van der Waals surface area contributed by atoms with Gasteiger partial charge in [0.2, 0.25) is 11.8 Å². The van der Waals surface area contributed by atoms with Gasteiger partial charge in [0.15, 0.2) is 5.12 Å². The molecular formula is C24H35BrFNO3S. The molecular weight excluding hydrogens is 481 g/mol. The molecule has 31 heavy (non-hydrogen) atoms. The lowest BCUT2D eigenvalue weighted by molar-refractivity contribution is -0.127. The number of hydrogen-bond donors (Lipinski definition) is 0. The lowest BCUT2D eigenvalue weighted by Gasteiger charge is -2.25. The first-order valence-corrected chi connectivity index (χ1v) is 12.7. The molecule has 0 aliphatic carbocycles. The van der Waals surface area contributed by atoms with Gasteiger partial charge in [-0.2, -0.15) is 0 Å². The molecule has 3 unspecified atom stereocenters. The predicted molar refractivity (Wildman–Crippen MR) is 130 cm³/mol. The molecule has 0 fully saturated rings. The van der Waals surface area contributed by atoms with E-state index >= 15 is 0 Å². The number of carbonyl (C=O) groups excluding carboxylic acids is 3. The van der Waals surface area contributed by atoms with E-state index in [2.05, 4.69) is 15.9 Å². The van der Waals surface area contributed by atoms with Gasteiger partial charge >= 0.3 is 0 Å². The maximum absolute atomic E-state index is 15.0. The molecule has 0 aliphatic heterocycles. The first-order valence-electron chi connectivity index (χ1n) is 11.1. The summed E-state index contributed by atoms with van der Waals surface area (Å²) in [6.07, 6.45) is 3.19. The number of imide groups is 1. The number of anilines is 1. The Hall–Kier alpha value is -1.21. The smallest absolute Gasteiger partial charge is 0.234 e. The van der Waals surface area contributed by atoms with Crippen molar-refractivity contribution in [3.63, 3.8) is 0 Å². The quantitative estimate of drug-likeness (QED) is 0.288. The van der Waals surface area contributed by atoms with Gasteiger partial charge in [-0.25, -0.2) is 9.29 Å². The fourth-order valence-corrected chi connectivity index (χ4v) is 4.33. The summed E-state index contributed by atoms with van der Waals surface area (Å²) in [4.78, 5) is 40.0. The van der Waals surface area contributed by atoms with Gasteiger partial charge in [-0.15, -0.1) is 0 Å². The highest BCUT2D eigenvalue weighted by molar-refractivity contribution is 9.10. The van der Waals surface area contributed by atoms with Crippen LogP contribution < -0.4 is 4.90 Å². The summed E-state index contributed by atoms with van der Waals surface area (Å²) in [5.41, 5.74) is -0.0800. The van der Waals surface area contributed by atoms with Gasteiger partial charge in [-0.3, -0.25) is 14.4 Å². The Morgan fingerprint density at radius 3 is 1.81 bits per heavy atom. The van der Waals surface area contributed by atoms with Crippen LogP contribution in [0.1, 0.15) is 80.1 Å². The van der Waals surface area contributed by atoms with Crippen LogP contribution >= 0.6 is 27.7 Å². The van der Waals surface area contributed by atoms with Crippen LogP contribution in [0.25, 0.3) is 0 Å². The van der Waals surface area contributed by atoms with E-state index in [0.717, 1.165) is 35.9 Å². The molecule has 2 amide bonds. The molecule has 0 N–H and O–H groups in total. The predicted octanol–water partition coefficient (Wildman–Crippen LogP) is 7.38. The summed E-state index contributed by atoms with van der Waals surface area (Å²) in [7, 11) is 0. The summed E-state index contributed by atoms with van der Waals surface area (Å²) in [5.74, 6) is -1.08. The van der Waals surface area contributed by atoms with Crippen molar-refractivity contribution in [3.8, 4) is 0 Å². The van der Waals surface area contributed by atoms with E-state index in [1.165, 1.54) is 12.1 Å². The molecule has 0 saturated carbocycles. The van der Waals surface area contributed by atoms with E-state index in [9.17, 15) is 18.8 Å². The molecule has 0 radical (unpaired) electrons. The second-order valence-corrected chi connectivity index (χ2v) is 10.4. The summed E-state index contributed by atoms with van der Waals surface area (Å²) >= 11 is 4.33. The molecule has 3 atom stereocenters. The van der Waals surface area contributed by atoms with Crippen LogP contribution in [0.5, 0.6) is 0 Å². The topological polar surface area (TPSA) is 54.5 Å². The third-order valence-corrected chi connectivity index (χ3v) is 7.49. The Morgan fingerprint density at radius 1 is 0.903 bits per heavy atom. The maximum Gasteiger partial charge on any atom is 0.234 e. The zero-order chi connectivity index (χ0) is 23.7. The van der Waals surface area contributed by atoms with Gasteiger partial charge in [-0.05, 0) is 45.8 Å². The number of nitrogens with zero attached hydrogens (tertiary/aromatic N) is 1. The minimum atomic E-state index is -0.666. The standard InChI is InChI=1S/C24H35BrFNO3S/c1-7-15(4)10-22(28)27(23(29)11-16(5)8-2)20-14-21(18(25)13-19(20)26)31-24(30)12-17(6)9-3/h13-17H,7-12H2,1-6H3. The average Bonchev–Trinajstić information content (AvgIpc) is 2.70. The first-order chi connectivity index (χ1) is 14.5. The second kappa shape index (κ2) is 13.4. The van der Waals surface area contributed by atoms with Crippen molar-refractivity contribution in [2.24, 2.45) is 17.8 Å². The molecule has 4 nitrogen and oxygen atoms in total. The van der Waals surface area contributed by atoms with Crippen LogP contribution in [0.2, 0.25) is 0 Å². The number of amides is 2. The molecule has 1 aromatic rings. The monoisotopic (exact) mass is 515 g/mol. The van der Waals surface area contributed by atoms with Crippen LogP contribution in [0, 0.1) is 23.6 Å². The number of rotatable bonds is 11. The Bertz CT molecular complexity index is 762. The highest BCUT2D eigenvalue weighted by atomic mass is 79.9. The zero-order valence-electron chi connectivity index (χ0n) is 19.5. The Balaban J connectivity index is 3.33. The maximum atomic E-state index is 15.0. The molecule has 174 valence electrons. The first kappa shape index (κ1) is 27.8. The van der Waals surface area contributed by atoms with Crippen molar-refractivity contribution in [2.75, 3.05) is 4.90 Å². The Morgan fingerprint density at radius 2 is 1.35 bits per heavy atom. The van der Waals surface area contributed by atoms with Crippen molar-refractivity contribution < 1.29 is 18.8 Å². The summed E-state index contributed by atoms with van der Waals surface area (Å²) < 4.78 is 15.4. The van der Waals surface area contributed by atoms with Crippen molar-refractivity contribution in [1.29, 1.82) is 0 Å². The molecule has 0 aromatic heterocycles. The molecule has 1 rings (SSSR count). The highest BCUT2D eigenvalue weighted by Crippen LogP contribution is 2.36. The summed E-state index contributed by atoms with van der Waals surface area (Å²) in [5, 5.41) is -0.0315. The SMILES string of the molecule is CCC(C)CC(=O)Sc1cc(N(C(=O)CC(C)CC)C(=O)CC(C)CC)c(F)cc1Br. The summed E-state index contributed by atoms with van der Waals surface area (Å²) in [6, 6.07) is 2.68. The Labute approximate surface area is 198 Å². The normalized spacial score (nSPS) is 14.1. The minimum absolute atomic E-state index is 0.0315. The fourth-order valence-electron chi connectivity index (χ4n) is 2.84. The third-order valence-electron chi connectivity index (χ3n) is 5.62. The van der Waals surface area contributed by atoms with E-state index in [-0.39, 0.29) is 41.4 Å². The van der Waals surface area contributed by atoms with Crippen LogP contribution in [0.3, 0.4) is 0 Å². The molecule has 7 heteroatoms. The van der Waals surface area contributed by atoms with Gasteiger partial charge in [-0.1, -0.05) is 72.6 Å². The van der Waals surface area contributed by atoms with Gasteiger partial charge in [0.25, 0.3) is 0 Å². The van der Waals surface area contributed by atoms with E-state index < -0.39 is 17.6 Å². The zero-order valence-corrected chi connectivity index (χ0v) is 21.9. The van der Waals surface area contributed by atoms with E-state index in [1.54, 1.807) is 0 Å². The molecule has 0 bridgehead atoms. The third kappa shape index (κ3) is 8.68. The Kier molecular flexibility index (Phi) is 12.0. The lowest BCUT2D eigenvalue weighted by Crippen LogP contribution is -2.39. The largest absolute Gasteiger partial charge is 0.287 e. The molecule has 0 aliphatic rings. The van der Waals surface area contributed by atoms with Gasteiger partial charge in [0.1, 0.15) is 5.82 Å². The van der Waals surface area contributed by atoms with Crippen molar-refractivity contribution in [3.05, 3.63) is 22.4 Å². The van der Waals surface area contributed by atoms with E-state index in [1.807, 2.05) is 41.5 Å². The summed E-state index contributed by atoms with van der Waals surface area (Å²) in [6.45, 7) is 11.8. The van der Waals surface area contributed by atoms with Crippen LogP contribution in [-0.4, -0.2) is 16.9 Å². The van der Waals surface area contributed by atoms with Crippen LogP contribution in [-0.2, 0) is 14.4 Å². The van der Waals surface area contributed by atoms with Gasteiger partial charge in [0, 0.05) is 28.6 Å². The number of hydrogen-bond acceptors (Lipinski definition) is 4. The van der Waals surface area contributed by atoms with E-state index in [4.69, 9.17) is 0 Å². The van der Waals surface area contributed by atoms with E-state index in [0.29, 0.717) is 15.8 Å². The minimum Gasteiger partial charge on any atom is -0.287 e. The van der Waals surface area contributed by atoms with Crippen LogP contribution in [0.15, 0.2) is 21.5 Å². The number of benzene rings is 1. The van der Waals surface area contributed by atoms with Crippen molar-refractivity contribution >= 4 is 50.3 Å². The van der Waals surface area contributed by atoms with Gasteiger partial charge < -0.3 is 0 Å². The molecule has 0 spiro atoms. The van der Waals surface area contributed by atoms with Crippen LogP contribution in [0.4, 0.5) is 10.1 Å². The van der Waals surface area contributed by atoms with Crippen molar-refractivity contribution in [2.45, 2.75) is 85.0 Å². The number of thioether (sulfide) groups is 1. The fraction of sp³-hybridized carbons (Fsp3) is 0.625.